The predicted molar refractivity (Wildman–Crippen MR) is 66.1 cm³/mol. The third-order valence-corrected chi connectivity index (χ3v) is 2.94. The Morgan fingerprint density at radius 1 is 1.53 bits per heavy atom. The van der Waals surface area contributed by atoms with Gasteiger partial charge in [-0.05, 0) is 18.2 Å². The summed E-state index contributed by atoms with van der Waals surface area (Å²) in [5, 5.41) is 7.68. The second-order valence-corrected chi connectivity index (χ2v) is 3.95. The van der Waals surface area contributed by atoms with Gasteiger partial charge in [-0.1, -0.05) is 17.4 Å². The molecule has 2 rings (SSSR count). The number of nitrogens with one attached hydrogen (secondary N) is 1. The van der Waals surface area contributed by atoms with Crippen molar-refractivity contribution in [2.75, 3.05) is 0 Å². The van der Waals surface area contributed by atoms with Gasteiger partial charge >= 0.3 is 0 Å². The summed E-state index contributed by atoms with van der Waals surface area (Å²) in [6.07, 6.45) is 1.73. The lowest BCUT2D eigenvalue weighted by atomic mass is 10.3. The Morgan fingerprint density at radius 3 is 2.93 bits per heavy atom. The van der Waals surface area contributed by atoms with Crippen LogP contribution in [-0.4, -0.2) is 4.57 Å². The number of benzene rings is 1. The molecule has 1 N–H and O–H groups in total. The molecule has 0 saturated carbocycles. The van der Waals surface area contributed by atoms with Crippen molar-refractivity contribution in [1.82, 2.24) is 4.57 Å². The van der Waals surface area contributed by atoms with Crippen LogP contribution in [0.25, 0.3) is 10.2 Å². The third kappa shape index (κ3) is 2.18. The fraction of sp³-hybridized carbons (Fsp3) is 0.100. The maximum absolute atomic E-state index is 12.9. The molecule has 0 spiro atoms. The van der Waals surface area contributed by atoms with Crippen LogP contribution < -0.4 is 4.80 Å². The number of nitrogens with zero attached hydrogens (tertiary/aromatic N) is 1. The average molecular weight is 289 g/mol. The highest BCUT2D eigenvalue weighted by molar-refractivity contribution is 8.93. The molecule has 0 aliphatic heterocycles. The summed E-state index contributed by atoms with van der Waals surface area (Å²) in [7, 11) is 0. The van der Waals surface area contributed by atoms with Crippen molar-refractivity contribution in [2.24, 2.45) is 0 Å². The van der Waals surface area contributed by atoms with Crippen molar-refractivity contribution in [3.8, 4) is 0 Å². The summed E-state index contributed by atoms with van der Waals surface area (Å²) in [4.78, 5) is 0.422. The molecule has 0 fully saturated rings. The Kier molecular flexibility index (Phi) is 3.82. The predicted octanol–water partition coefficient (Wildman–Crippen LogP) is 3.09. The van der Waals surface area contributed by atoms with Crippen LogP contribution in [0.15, 0.2) is 30.9 Å². The smallest absolute Gasteiger partial charge is 0.183 e. The standard InChI is InChI=1S/C10H9FN2S.BrH/c1-2-5-13-8-4-3-7(11)6-9(8)14-10(13)12;/h2-4,6,12H,1,5H2;1H. The molecule has 0 radical (unpaired) electrons. The average Bonchev–Trinajstić information content (AvgIpc) is 2.43. The SMILES string of the molecule is Br.C=CCn1c(=N)sc2cc(F)ccc21. The van der Waals surface area contributed by atoms with Gasteiger partial charge in [0.05, 0.1) is 10.2 Å². The number of rotatable bonds is 2. The molecule has 2 aromatic rings. The summed E-state index contributed by atoms with van der Waals surface area (Å²) < 4.78 is 15.5. The van der Waals surface area contributed by atoms with Crippen LogP contribution in [0.1, 0.15) is 0 Å². The monoisotopic (exact) mass is 288 g/mol. The van der Waals surface area contributed by atoms with Gasteiger partial charge in [0.15, 0.2) is 4.80 Å². The molecule has 0 amide bonds. The Hall–Kier alpha value is -0.940. The van der Waals surface area contributed by atoms with Gasteiger partial charge in [-0.15, -0.1) is 23.6 Å². The van der Waals surface area contributed by atoms with Crippen LogP contribution in [0, 0.1) is 11.2 Å². The Bertz CT molecular complexity index is 544. The first-order chi connectivity index (χ1) is 6.72. The molecule has 0 unspecified atom stereocenters. The summed E-state index contributed by atoms with van der Waals surface area (Å²) in [6.45, 7) is 4.22. The van der Waals surface area contributed by atoms with E-state index in [2.05, 4.69) is 6.58 Å². The highest BCUT2D eigenvalue weighted by Gasteiger charge is 2.04. The van der Waals surface area contributed by atoms with E-state index in [0.717, 1.165) is 10.2 Å². The molecule has 1 aromatic heterocycles. The lowest BCUT2D eigenvalue weighted by molar-refractivity contribution is 0.629. The van der Waals surface area contributed by atoms with Gasteiger partial charge in [0, 0.05) is 6.54 Å². The first kappa shape index (κ1) is 12.1. The fourth-order valence-corrected chi connectivity index (χ4v) is 2.32. The topological polar surface area (TPSA) is 28.8 Å². The quantitative estimate of drug-likeness (QED) is 0.823. The second kappa shape index (κ2) is 4.72. The zero-order valence-electron chi connectivity index (χ0n) is 7.87. The van der Waals surface area contributed by atoms with E-state index >= 15 is 0 Å². The van der Waals surface area contributed by atoms with Crippen LogP contribution in [0.2, 0.25) is 0 Å². The molecule has 80 valence electrons. The number of hydrogen-bond acceptors (Lipinski definition) is 2. The number of thiazole rings is 1. The molecule has 2 nitrogen and oxygen atoms in total. The molecule has 15 heavy (non-hydrogen) atoms. The van der Waals surface area contributed by atoms with Gasteiger partial charge in [-0.3, -0.25) is 5.41 Å². The van der Waals surface area contributed by atoms with Crippen LogP contribution >= 0.6 is 28.3 Å². The van der Waals surface area contributed by atoms with E-state index in [0.29, 0.717) is 11.3 Å². The number of aromatic nitrogens is 1. The molecule has 0 bridgehead atoms. The molecule has 0 aliphatic carbocycles. The van der Waals surface area contributed by atoms with E-state index in [4.69, 9.17) is 5.41 Å². The molecule has 1 heterocycles. The number of allylic oxidation sites excluding steroid dienone is 1. The third-order valence-electron chi connectivity index (χ3n) is 1.98. The molecule has 0 atom stereocenters. The molecule has 0 saturated heterocycles. The summed E-state index contributed by atoms with van der Waals surface area (Å²) >= 11 is 1.27. The van der Waals surface area contributed by atoms with Crippen molar-refractivity contribution in [2.45, 2.75) is 6.54 Å². The summed E-state index contributed by atoms with van der Waals surface area (Å²) in [5.74, 6) is -0.260. The van der Waals surface area contributed by atoms with E-state index in [-0.39, 0.29) is 22.8 Å². The van der Waals surface area contributed by atoms with Gasteiger partial charge in [0.25, 0.3) is 0 Å². The Labute approximate surface area is 101 Å². The van der Waals surface area contributed by atoms with Crippen molar-refractivity contribution >= 4 is 38.5 Å². The number of halogens is 2. The summed E-state index contributed by atoms with van der Waals surface area (Å²) in [5.41, 5.74) is 0.890. The molecule has 5 heteroatoms. The number of fused-ring (bicyclic) bond motifs is 1. The lowest BCUT2D eigenvalue weighted by Crippen LogP contribution is -2.11. The Balaban J connectivity index is 0.00000112. The fourth-order valence-electron chi connectivity index (χ4n) is 1.37. The molecule has 1 aromatic carbocycles. The maximum atomic E-state index is 12.9. The lowest BCUT2D eigenvalue weighted by Gasteiger charge is -1.98. The van der Waals surface area contributed by atoms with Crippen molar-refractivity contribution < 1.29 is 4.39 Å². The largest absolute Gasteiger partial charge is 0.313 e. The minimum Gasteiger partial charge on any atom is -0.313 e. The minimum atomic E-state index is -0.260. The van der Waals surface area contributed by atoms with Gasteiger partial charge in [-0.25, -0.2) is 4.39 Å². The van der Waals surface area contributed by atoms with Gasteiger partial charge < -0.3 is 4.57 Å². The maximum Gasteiger partial charge on any atom is 0.183 e. The number of hydrogen-bond donors (Lipinski definition) is 1. The first-order valence-electron chi connectivity index (χ1n) is 4.17. The van der Waals surface area contributed by atoms with Crippen LogP contribution in [-0.2, 0) is 6.54 Å². The van der Waals surface area contributed by atoms with E-state index < -0.39 is 0 Å². The molecular weight excluding hydrogens is 279 g/mol. The van der Waals surface area contributed by atoms with E-state index in [1.54, 1.807) is 16.7 Å². The first-order valence-corrected chi connectivity index (χ1v) is 4.98. The molecular formula is C10H10BrFN2S. The van der Waals surface area contributed by atoms with Crippen molar-refractivity contribution in [3.05, 3.63) is 41.5 Å². The van der Waals surface area contributed by atoms with Crippen molar-refractivity contribution in [1.29, 1.82) is 5.41 Å². The van der Waals surface area contributed by atoms with Crippen LogP contribution in [0.4, 0.5) is 4.39 Å². The normalized spacial score (nSPS) is 9.93. The van der Waals surface area contributed by atoms with E-state index in [1.165, 1.54) is 23.5 Å². The molecule has 0 aliphatic rings. The second-order valence-electron chi connectivity index (χ2n) is 2.92. The van der Waals surface area contributed by atoms with Gasteiger partial charge in [0.1, 0.15) is 5.82 Å². The zero-order chi connectivity index (χ0) is 10.1. The van der Waals surface area contributed by atoms with E-state index in [9.17, 15) is 4.39 Å². The van der Waals surface area contributed by atoms with E-state index in [1.807, 2.05) is 0 Å². The highest BCUT2D eigenvalue weighted by Crippen LogP contribution is 2.18. The van der Waals surface area contributed by atoms with Gasteiger partial charge in [0.2, 0.25) is 0 Å². The summed E-state index contributed by atoms with van der Waals surface area (Å²) in [6, 6.07) is 4.56. The zero-order valence-corrected chi connectivity index (χ0v) is 10.4. The van der Waals surface area contributed by atoms with Crippen LogP contribution in [0.5, 0.6) is 0 Å². The van der Waals surface area contributed by atoms with Crippen molar-refractivity contribution in [3.63, 3.8) is 0 Å². The van der Waals surface area contributed by atoms with Gasteiger partial charge in [-0.2, -0.15) is 0 Å². The Morgan fingerprint density at radius 2 is 2.27 bits per heavy atom. The highest BCUT2D eigenvalue weighted by atomic mass is 79.9. The minimum absolute atomic E-state index is 0. The van der Waals surface area contributed by atoms with Crippen LogP contribution in [0.3, 0.4) is 0 Å².